The maximum Gasteiger partial charge on any atom is 2.00 e. The largest absolute Gasteiger partial charge is 2.00 e. The van der Waals surface area contributed by atoms with Crippen LogP contribution in [0.2, 0.25) is 0 Å². The van der Waals surface area contributed by atoms with Gasteiger partial charge in [-0.1, -0.05) is 111 Å². The van der Waals surface area contributed by atoms with Crippen molar-refractivity contribution < 1.29 is 30.5 Å². The van der Waals surface area contributed by atoms with Crippen molar-refractivity contribution in [3.63, 3.8) is 0 Å². The van der Waals surface area contributed by atoms with Crippen LogP contribution in [0, 0.1) is 25.0 Å². The summed E-state index contributed by atoms with van der Waals surface area (Å²) in [5, 5.41) is 2.26. The van der Waals surface area contributed by atoms with Crippen LogP contribution < -0.4 is 4.74 Å². The molecule has 0 amide bonds. The van der Waals surface area contributed by atoms with Crippen molar-refractivity contribution in [1.29, 1.82) is 0 Å². The summed E-state index contributed by atoms with van der Waals surface area (Å²) in [6.07, 6.45) is 1.89. The molecule has 1 atom stereocenters. The molecule has 4 aromatic carbocycles. The maximum atomic E-state index is 6.56. The van der Waals surface area contributed by atoms with Gasteiger partial charge < -0.3 is 14.0 Å². The monoisotopic (exact) mass is 786 g/mol. The molecule has 0 spiro atoms. The van der Waals surface area contributed by atoms with Crippen LogP contribution in [0.25, 0.3) is 38.8 Å². The smallest absolute Gasteiger partial charge is 0.518 e. The maximum absolute atomic E-state index is 6.56. The van der Waals surface area contributed by atoms with E-state index >= 15 is 0 Å². The summed E-state index contributed by atoms with van der Waals surface area (Å²) in [5.41, 5.74) is 7.28. The minimum Gasteiger partial charge on any atom is -0.518 e. The van der Waals surface area contributed by atoms with E-state index < -0.39 is 0 Å². The Morgan fingerprint density at radius 3 is 2.41 bits per heavy atom. The number of aromatic nitrogens is 2. The van der Waals surface area contributed by atoms with Gasteiger partial charge in [0, 0.05) is 23.2 Å². The van der Waals surface area contributed by atoms with E-state index in [0.29, 0.717) is 29.9 Å². The first-order valence-corrected chi connectivity index (χ1v) is 15.6. The van der Waals surface area contributed by atoms with Crippen LogP contribution in [0.3, 0.4) is 0 Å². The molecule has 1 aliphatic rings. The third-order valence-electron chi connectivity index (χ3n) is 8.49. The molecule has 0 unspecified atom stereocenters. The number of hydrogen-bond donors (Lipinski definition) is 0. The Balaban J connectivity index is 0.00000372. The third-order valence-corrected chi connectivity index (χ3v) is 8.49. The number of rotatable bonds is 6. The summed E-state index contributed by atoms with van der Waals surface area (Å²) in [6, 6.07) is 36.4. The van der Waals surface area contributed by atoms with Gasteiger partial charge in [-0.15, -0.1) is 23.6 Å². The van der Waals surface area contributed by atoms with E-state index in [-0.39, 0.29) is 32.5 Å². The molecule has 2 aromatic heterocycles. The van der Waals surface area contributed by atoms with Crippen LogP contribution in [-0.4, -0.2) is 28.1 Å². The van der Waals surface area contributed by atoms with Crippen LogP contribution in [-0.2, 0) is 31.2 Å². The molecule has 0 bridgehead atoms. The van der Waals surface area contributed by atoms with Gasteiger partial charge in [-0.25, -0.2) is 4.98 Å². The molecule has 5 nitrogen and oxygen atoms in total. The Labute approximate surface area is 285 Å². The average Bonchev–Trinajstić information content (AvgIpc) is 3.65. The predicted molar refractivity (Wildman–Crippen MR) is 183 cm³/mol. The summed E-state index contributed by atoms with van der Waals surface area (Å²) >= 11 is 0. The number of hydrogen-bond acceptors (Lipinski definition) is 4. The van der Waals surface area contributed by atoms with E-state index in [0.717, 1.165) is 44.3 Å². The number of nitrogens with zero attached hydrogens (tertiary/aromatic N) is 3. The second-order valence-electron chi connectivity index (χ2n) is 13.3. The van der Waals surface area contributed by atoms with E-state index in [4.69, 9.17) is 19.5 Å². The number of aryl methyl sites for hydroxylation is 1. The topological polar surface area (TPSA) is 48.6 Å². The first-order chi connectivity index (χ1) is 21.6. The van der Waals surface area contributed by atoms with E-state index in [1.807, 2.05) is 36.5 Å². The molecule has 0 saturated carbocycles. The molecule has 234 valence electrons. The van der Waals surface area contributed by atoms with Crippen LogP contribution in [0.4, 0.5) is 0 Å². The number of ether oxygens (including phenoxy) is 2. The van der Waals surface area contributed by atoms with Crippen molar-refractivity contribution in [3.05, 3.63) is 120 Å². The first kappa shape index (κ1) is 31.8. The molecule has 1 aliphatic heterocycles. The molecule has 0 N–H and O–H groups in total. The quantitative estimate of drug-likeness (QED) is 0.158. The van der Waals surface area contributed by atoms with Crippen molar-refractivity contribution in [2.24, 2.45) is 10.9 Å². The number of fused-ring (bicyclic) bond motifs is 3. The van der Waals surface area contributed by atoms with Gasteiger partial charge in [-0.05, 0) is 53.0 Å². The van der Waals surface area contributed by atoms with Gasteiger partial charge >= 0.3 is 21.1 Å². The van der Waals surface area contributed by atoms with Crippen molar-refractivity contribution in [3.8, 4) is 28.4 Å². The van der Waals surface area contributed by atoms with Crippen LogP contribution in [0.5, 0.6) is 11.5 Å². The Hall–Kier alpha value is -4.21. The molecule has 6 heteroatoms. The molecule has 0 saturated heterocycles. The van der Waals surface area contributed by atoms with Gasteiger partial charge in [0.1, 0.15) is 11.7 Å². The van der Waals surface area contributed by atoms with Gasteiger partial charge in [0.05, 0.1) is 12.6 Å². The average molecular weight is 787 g/mol. The molecular formula is C40H37N3O2Pt. The Morgan fingerprint density at radius 2 is 1.67 bits per heavy atom. The zero-order valence-corrected chi connectivity index (χ0v) is 29.3. The van der Waals surface area contributed by atoms with Gasteiger partial charge in [-0.2, -0.15) is 6.07 Å². The zero-order chi connectivity index (χ0) is 31.3. The molecule has 0 fully saturated rings. The summed E-state index contributed by atoms with van der Waals surface area (Å²) < 4.78 is 14.8. The summed E-state index contributed by atoms with van der Waals surface area (Å²) in [4.78, 5) is 9.69. The molecule has 0 aliphatic carbocycles. The fraction of sp³-hybridized carbons (Fsp3) is 0.250. The van der Waals surface area contributed by atoms with E-state index in [1.165, 1.54) is 11.1 Å². The first-order valence-electron chi connectivity index (χ1n) is 15.6. The van der Waals surface area contributed by atoms with Gasteiger partial charge in [0.2, 0.25) is 0 Å². The fourth-order valence-corrected chi connectivity index (χ4v) is 5.85. The van der Waals surface area contributed by atoms with Gasteiger partial charge in [0.25, 0.3) is 0 Å². The second-order valence-corrected chi connectivity index (χ2v) is 13.3. The molecule has 0 radical (unpaired) electrons. The van der Waals surface area contributed by atoms with Crippen LogP contribution >= 0.6 is 0 Å². The molecule has 3 heterocycles. The number of aliphatic imine (C=N–C) groups is 1. The van der Waals surface area contributed by atoms with Crippen LogP contribution in [0.1, 0.15) is 51.3 Å². The SMILES string of the molecule is Cc1ccc2c(c1)c1ccc(Oc3[c-]c(C4=N[C@H](C(C)C)CO4)cc(-c4ccccc4)c3)[c-]c1n2-c1cc(C(C)(C)C)ccn1.[Pt+2]. The van der Waals surface area contributed by atoms with Gasteiger partial charge in [0.15, 0.2) is 0 Å². The number of benzene rings is 4. The summed E-state index contributed by atoms with van der Waals surface area (Å²) in [7, 11) is 0. The van der Waals surface area contributed by atoms with E-state index in [9.17, 15) is 0 Å². The third kappa shape index (κ3) is 6.13. The van der Waals surface area contributed by atoms with Crippen molar-refractivity contribution >= 4 is 27.7 Å². The van der Waals surface area contributed by atoms with Crippen LogP contribution in [0.15, 0.2) is 96.1 Å². The summed E-state index contributed by atoms with van der Waals surface area (Å²) in [6.45, 7) is 13.7. The normalized spacial score (nSPS) is 14.8. The van der Waals surface area contributed by atoms with Gasteiger partial charge in [-0.3, -0.25) is 4.99 Å². The minimum absolute atomic E-state index is 0. The molecule has 6 aromatic rings. The van der Waals surface area contributed by atoms with Crippen molar-refractivity contribution in [2.75, 3.05) is 6.61 Å². The molecule has 7 rings (SSSR count). The number of pyridine rings is 1. The molecule has 46 heavy (non-hydrogen) atoms. The predicted octanol–water partition coefficient (Wildman–Crippen LogP) is 9.64. The fourth-order valence-electron chi connectivity index (χ4n) is 5.85. The van der Waals surface area contributed by atoms with Crippen molar-refractivity contribution in [1.82, 2.24) is 9.55 Å². The minimum atomic E-state index is -0.00908. The van der Waals surface area contributed by atoms with E-state index in [2.05, 4.69) is 113 Å². The zero-order valence-electron chi connectivity index (χ0n) is 27.0. The Morgan fingerprint density at radius 1 is 0.870 bits per heavy atom. The second kappa shape index (κ2) is 12.5. The molecular weight excluding hydrogens is 750 g/mol. The van der Waals surface area contributed by atoms with E-state index in [1.54, 1.807) is 0 Å². The Bertz CT molecular complexity index is 2070. The Kier molecular flexibility index (Phi) is 8.65. The van der Waals surface area contributed by atoms with Crippen molar-refractivity contribution in [2.45, 2.75) is 53.0 Å². The standard InChI is InChI=1S/C40H37N3O2.Pt/c1-25(2)35-24-44-39(42-35)29-19-28(27-10-8-7-9-11-27)20-32(21-29)45-31-13-14-33-34-18-26(3)12-15-36(34)43(37(33)23-31)38-22-30(16-17-41-38)40(4,5)6;/h7-20,22,25,35H,24H2,1-6H3;/q-2;+2/t35-;/m0./s1. The summed E-state index contributed by atoms with van der Waals surface area (Å²) in [5.74, 6) is 3.03.